The molecule has 1 aliphatic rings. The number of rotatable bonds is 4. The number of carbonyl (C=O) groups excluding carboxylic acids is 1. The van der Waals surface area contributed by atoms with Gasteiger partial charge in [-0.15, -0.1) is 22.7 Å². The number of thiophene rings is 2. The molecule has 2 N–H and O–H groups in total. The predicted molar refractivity (Wildman–Crippen MR) is 84.3 cm³/mol. The standard InChI is InChI=1S/C14H14ClNO3S2/c15-13-2-1-11(21-13)9(17)6-16-14(18)12-5-8-7-19-4-3-10(8)20-12/h1-2,5,9,17H,3-4,6-7H2,(H,16,18)/t9-/m1/s1. The molecule has 0 saturated heterocycles. The van der Waals surface area contributed by atoms with Crippen molar-refractivity contribution in [1.82, 2.24) is 5.32 Å². The molecule has 1 atom stereocenters. The summed E-state index contributed by atoms with van der Waals surface area (Å²) in [5.41, 5.74) is 1.10. The van der Waals surface area contributed by atoms with Crippen LogP contribution in [0.3, 0.4) is 0 Å². The van der Waals surface area contributed by atoms with Crippen LogP contribution in [0.5, 0.6) is 0 Å². The van der Waals surface area contributed by atoms with Crippen molar-refractivity contribution in [3.05, 3.63) is 42.7 Å². The lowest BCUT2D eigenvalue weighted by Crippen LogP contribution is -2.27. The highest BCUT2D eigenvalue weighted by atomic mass is 35.5. The van der Waals surface area contributed by atoms with Crippen molar-refractivity contribution in [1.29, 1.82) is 0 Å². The Morgan fingerprint density at radius 3 is 3.05 bits per heavy atom. The Labute approximate surface area is 135 Å². The lowest BCUT2D eigenvalue weighted by molar-refractivity contribution is 0.0921. The Morgan fingerprint density at radius 2 is 2.33 bits per heavy atom. The third-order valence-electron chi connectivity index (χ3n) is 3.23. The maximum Gasteiger partial charge on any atom is 0.261 e. The number of hydrogen-bond donors (Lipinski definition) is 2. The topological polar surface area (TPSA) is 58.6 Å². The van der Waals surface area contributed by atoms with Crippen molar-refractivity contribution < 1.29 is 14.6 Å². The number of aliphatic hydroxyl groups is 1. The fraction of sp³-hybridized carbons (Fsp3) is 0.357. The molecule has 112 valence electrons. The van der Waals surface area contributed by atoms with E-state index in [1.807, 2.05) is 6.07 Å². The molecule has 1 amide bonds. The summed E-state index contributed by atoms with van der Waals surface area (Å²) in [5, 5.41) is 12.8. The molecule has 0 radical (unpaired) electrons. The van der Waals surface area contributed by atoms with Crippen molar-refractivity contribution in [2.24, 2.45) is 0 Å². The SMILES string of the molecule is O=C(NC[C@@H](O)c1ccc(Cl)s1)c1cc2c(s1)CCOC2. The van der Waals surface area contributed by atoms with Gasteiger partial charge in [0.2, 0.25) is 0 Å². The summed E-state index contributed by atoms with van der Waals surface area (Å²) in [6, 6.07) is 5.38. The first-order chi connectivity index (χ1) is 10.1. The molecule has 0 bridgehead atoms. The first-order valence-electron chi connectivity index (χ1n) is 6.54. The van der Waals surface area contributed by atoms with E-state index in [-0.39, 0.29) is 12.5 Å². The molecule has 0 saturated carbocycles. The molecular weight excluding hydrogens is 330 g/mol. The normalized spacial score (nSPS) is 15.5. The first kappa shape index (κ1) is 15.0. The number of fused-ring (bicyclic) bond motifs is 1. The zero-order valence-electron chi connectivity index (χ0n) is 11.1. The molecule has 0 aromatic carbocycles. The van der Waals surface area contributed by atoms with Crippen LogP contribution < -0.4 is 5.32 Å². The Kier molecular flexibility index (Phi) is 4.61. The highest BCUT2D eigenvalue weighted by Gasteiger charge is 2.18. The van der Waals surface area contributed by atoms with Crippen LogP contribution in [0.15, 0.2) is 18.2 Å². The van der Waals surface area contributed by atoms with Crippen LogP contribution in [0.2, 0.25) is 4.34 Å². The van der Waals surface area contributed by atoms with Gasteiger partial charge in [-0.2, -0.15) is 0 Å². The molecule has 2 aromatic rings. The van der Waals surface area contributed by atoms with Crippen LogP contribution in [-0.2, 0) is 17.8 Å². The number of nitrogens with one attached hydrogen (secondary N) is 1. The van der Waals surface area contributed by atoms with Crippen LogP contribution in [0.1, 0.15) is 31.1 Å². The van der Waals surface area contributed by atoms with Crippen LogP contribution in [0.25, 0.3) is 0 Å². The quantitative estimate of drug-likeness (QED) is 0.897. The van der Waals surface area contributed by atoms with Gasteiger partial charge >= 0.3 is 0 Å². The van der Waals surface area contributed by atoms with Gasteiger partial charge in [0.15, 0.2) is 0 Å². The van der Waals surface area contributed by atoms with Crippen molar-refractivity contribution in [3.63, 3.8) is 0 Å². The summed E-state index contributed by atoms with van der Waals surface area (Å²) in [7, 11) is 0. The van der Waals surface area contributed by atoms with Crippen molar-refractivity contribution in [3.8, 4) is 0 Å². The molecule has 3 heterocycles. The fourth-order valence-corrected chi connectivity index (χ4v) is 4.26. The summed E-state index contributed by atoms with van der Waals surface area (Å²) in [5.74, 6) is -0.156. The zero-order chi connectivity index (χ0) is 14.8. The summed E-state index contributed by atoms with van der Waals surface area (Å²) in [6.07, 6.45) is 0.133. The Bertz CT molecular complexity index is 629. The summed E-state index contributed by atoms with van der Waals surface area (Å²) in [4.78, 5) is 14.8. The minimum Gasteiger partial charge on any atom is -0.386 e. The minimum absolute atomic E-state index is 0.156. The van der Waals surface area contributed by atoms with Crippen molar-refractivity contribution in [2.75, 3.05) is 13.2 Å². The van der Waals surface area contributed by atoms with E-state index >= 15 is 0 Å². The summed E-state index contributed by atoms with van der Waals surface area (Å²) in [6.45, 7) is 1.47. The van der Waals surface area contributed by atoms with E-state index in [1.165, 1.54) is 27.6 Å². The molecule has 1 aliphatic heterocycles. The first-order valence-corrected chi connectivity index (χ1v) is 8.55. The monoisotopic (exact) mass is 343 g/mol. The molecule has 21 heavy (non-hydrogen) atoms. The Hall–Kier alpha value is -0.920. The molecule has 2 aromatic heterocycles. The fourth-order valence-electron chi connectivity index (χ4n) is 2.14. The van der Waals surface area contributed by atoms with Crippen LogP contribution in [-0.4, -0.2) is 24.2 Å². The average Bonchev–Trinajstić information content (AvgIpc) is 3.10. The number of aliphatic hydroxyl groups excluding tert-OH is 1. The van der Waals surface area contributed by atoms with E-state index in [9.17, 15) is 9.90 Å². The van der Waals surface area contributed by atoms with E-state index in [0.29, 0.717) is 22.4 Å². The van der Waals surface area contributed by atoms with E-state index in [1.54, 1.807) is 12.1 Å². The van der Waals surface area contributed by atoms with Crippen LogP contribution in [0, 0.1) is 0 Å². The summed E-state index contributed by atoms with van der Waals surface area (Å²) >= 11 is 8.65. The van der Waals surface area contributed by atoms with Gasteiger partial charge in [0.05, 0.1) is 22.4 Å². The largest absolute Gasteiger partial charge is 0.386 e. The second kappa shape index (κ2) is 6.46. The van der Waals surface area contributed by atoms with Crippen LogP contribution in [0.4, 0.5) is 0 Å². The highest BCUT2D eigenvalue weighted by molar-refractivity contribution is 7.16. The summed E-state index contributed by atoms with van der Waals surface area (Å²) < 4.78 is 6.00. The van der Waals surface area contributed by atoms with E-state index in [2.05, 4.69) is 5.32 Å². The highest BCUT2D eigenvalue weighted by Crippen LogP contribution is 2.28. The van der Waals surface area contributed by atoms with Crippen molar-refractivity contribution in [2.45, 2.75) is 19.1 Å². The van der Waals surface area contributed by atoms with Gasteiger partial charge in [0.25, 0.3) is 5.91 Å². The molecule has 7 heteroatoms. The van der Waals surface area contributed by atoms with E-state index in [4.69, 9.17) is 16.3 Å². The van der Waals surface area contributed by atoms with Gasteiger partial charge in [0.1, 0.15) is 6.10 Å². The van der Waals surface area contributed by atoms with Gasteiger partial charge < -0.3 is 15.2 Å². The van der Waals surface area contributed by atoms with Gasteiger partial charge in [-0.05, 0) is 23.8 Å². The van der Waals surface area contributed by atoms with E-state index < -0.39 is 6.10 Å². The smallest absolute Gasteiger partial charge is 0.261 e. The maximum atomic E-state index is 12.1. The van der Waals surface area contributed by atoms with E-state index in [0.717, 1.165) is 16.9 Å². The molecule has 3 rings (SSSR count). The molecule has 0 spiro atoms. The molecule has 4 nitrogen and oxygen atoms in total. The van der Waals surface area contributed by atoms with Gasteiger partial charge in [-0.1, -0.05) is 11.6 Å². The van der Waals surface area contributed by atoms with Gasteiger partial charge in [-0.3, -0.25) is 4.79 Å². The second-order valence-electron chi connectivity index (χ2n) is 4.73. The Morgan fingerprint density at radius 1 is 1.48 bits per heavy atom. The third-order valence-corrected chi connectivity index (χ3v) is 5.80. The number of carbonyl (C=O) groups is 1. The zero-order valence-corrected chi connectivity index (χ0v) is 13.5. The lowest BCUT2D eigenvalue weighted by atomic mass is 10.2. The van der Waals surface area contributed by atoms with Crippen molar-refractivity contribution >= 4 is 40.2 Å². The number of hydrogen-bond acceptors (Lipinski definition) is 5. The number of amides is 1. The minimum atomic E-state index is -0.732. The number of ether oxygens (including phenoxy) is 1. The maximum absolute atomic E-state index is 12.1. The average molecular weight is 344 g/mol. The lowest BCUT2D eigenvalue weighted by Gasteiger charge is -2.10. The van der Waals surface area contributed by atoms with Gasteiger partial charge in [-0.25, -0.2) is 0 Å². The second-order valence-corrected chi connectivity index (χ2v) is 7.61. The third kappa shape index (κ3) is 3.46. The van der Waals surface area contributed by atoms with Crippen LogP contribution >= 0.6 is 34.3 Å². The molecule has 0 aliphatic carbocycles. The predicted octanol–water partition coefficient (Wildman–Crippen LogP) is 3.00. The van der Waals surface area contributed by atoms with Gasteiger partial charge in [0, 0.05) is 22.7 Å². The molecular formula is C14H14ClNO3S2. The Balaban J connectivity index is 1.60. The molecule has 0 unspecified atom stereocenters. The molecule has 0 fully saturated rings. The number of halogens is 1.